The number of anilines is 1. The summed E-state index contributed by atoms with van der Waals surface area (Å²) in [6, 6.07) is 11.9. The van der Waals surface area contributed by atoms with Gasteiger partial charge in [0.1, 0.15) is 6.04 Å². The largest absolute Gasteiger partial charge is 0.490 e. The third kappa shape index (κ3) is 7.12. The summed E-state index contributed by atoms with van der Waals surface area (Å²) >= 11 is 0. The molecule has 0 bridgehead atoms. The molecule has 0 saturated carbocycles. The van der Waals surface area contributed by atoms with Crippen molar-refractivity contribution >= 4 is 29.2 Å². The molecule has 3 N–H and O–H groups in total. The van der Waals surface area contributed by atoms with Gasteiger partial charge in [0.15, 0.2) is 11.6 Å². The number of carboxylic acids is 1. The molecule has 0 radical (unpaired) electrons. The lowest BCUT2D eigenvalue weighted by molar-refractivity contribution is -0.192. The second-order valence-corrected chi connectivity index (χ2v) is 7.55. The number of esters is 1. The Hall–Kier alpha value is -3.73. The fraction of sp³-hybridized carbons (Fsp3) is 0.333. The molecule has 8 nitrogen and oxygen atoms in total. The van der Waals surface area contributed by atoms with Gasteiger partial charge >= 0.3 is 18.1 Å². The SMILES string of the molecule is CN[C@@H](C)C(=O)OCCCCNc1cccc2c1C(=O)c1ccccc1C2=O.O=C(O)C(F)(F)F. The van der Waals surface area contributed by atoms with Gasteiger partial charge in [-0.05, 0) is 32.9 Å². The highest BCUT2D eigenvalue weighted by Crippen LogP contribution is 2.31. The van der Waals surface area contributed by atoms with E-state index in [0.29, 0.717) is 47.5 Å². The minimum absolute atomic E-state index is 0.126. The van der Waals surface area contributed by atoms with E-state index in [1.807, 2.05) is 6.07 Å². The fourth-order valence-corrected chi connectivity index (χ4v) is 3.16. The zero-order valence-corrected chi connectivity index (χ0v) is 19.1. The van der Waals surface area contributed by atoms with Gasteiger partial charge in [0.25, 0.3) is 0 Å². The first-order valence-electron chi connectivity index (χ1n) is 10.7. The third-order valence-corrected chi connectivity index (χ3v) is 5.11. The van der Waals surface area contributed by atoms with E-state index in [1.54, 1.807) is 50.4 Å². The lowest BCUT2D eigenvalue weighted by atomic mass is 9.83. The highest BCUT2D eigenvalue weighted by molar-refractivity contribution is 6.30. The Labute approximate surface area is 199 Å². The summed E-state index contributed by atoms with van der Waals surface area (Å²) in [5.41, 5.74) is 2.42. The standard InChI is InChI=1S/C22H24N2O4.C2HF3O2/c1-14(23-2)22(27)28-13-6-5-12-24-18-11-7-10-17-19(18)21(26)16-9-4-3-8-15(16)20(17)25;3-2(4,5)1(6)7/h3-4,7-11,14,23-24H,5-6,12-13H2,1-2H3;(H,6,7)/t14-;/m0./s1. The molecule has 0 unspecified atom stereocenters. The smallest absolute Gasteiger partial charge is 0.475 e. The number of hydrogen-bond donors (Lipinski definition) is 3. The molecule has 188 valence electrons. The van der Waals surface area contributed by atoms with Crippen LogP contribution in [0.15, 0.2) is 42.5 Å². The van der Waals surface area contributed by atoms with Crippen LogP contribution >= 0.6 is 0 Å². The number of ketones is 2. The Morgan fingerprint density at radius 1 is 0.971 bits per heavy atom. The number of unbranched alkanes of at least 4 members (excludes halogenated alkanes) is 1. The Morgan fingerprint density at radius 3 is 2.11 bits per heavy atom. The number of fused-ring (bicyclic) bond motifs is 2. The van der Waals surface area contributed by atoms with E-state index in [2.05, 4.69) is 10.6 Å². The molecule has 1 aliphatic carbocycles. The van der Waals surface area contributed by atoms with Gasteiger partial charge in [-0.1, -0.05) is 36.4 Å². The molecule has 1 aliphatic rings. The predicted octanol–water partition coefficient (Wildman–Crippen LogP) is 3.44. The summed E-state index contributed by atoms with van der Waals surface area (Å²) < 4.78 is 36.9. The van der Waals surface area contributed by atoms with E-state index in [9.17, 15) is 27.6 Å². The lowest BCUT2D eigenvalue weighted by Gasteiger charge is -2.20. The number of aliphatic carboxylic acids is 1. The van der Waals surface area contributed by atoms with Crippen molar-refractivity contribution in [1.82, 2.24) is 5.32 Å². The van der Waals surface area contributed by atoms with Gasteiger partial charge in [0, 0.05) is 28.9 Å². The maximum Gasteiger partial charge on any atom is 0.490 e. The Kier molecular flexibility index (Phi) is 9.52. The first-order valence-corrected chi connectivity index (χ1v) is 10.7. The maximum absolute atomic E-state index is 12.9. The number of likely N-dealkylation sites (N-methyl/N-ethyl adjacent to an activating group) is 1. The summed E-state index contributed by atoms with van der Waals surface area (Å²) in [6.45, 7) is 2.71. The van der Waals surface area contributed by atoms with Crippen molar-refractivity contribution < 1.29 is 42.2 Å². The van der Waals surface area contributed by atoms with Crippen molar-refractivity contribution in [3.8, 4) is 0 Å². The average molecular weight is 494 g/mol. The number of carbonyl (C=O) groups excluding carboxylic acids is 3. The number of alkyl halides is 3. The van der Waals surface area contributed by atoms with Crippen molar-refractivity contribution in [2.75, 3.05) is 25.5 Å². The number of hydrogen-bond acceptors (Lipinski definition) is 7. The fourth-order valence-electron chi connectivity index (χ4n) is 3.16. The number of halogens is 3. The topological polar surface area (TPSA) is 122 Å². The molecule has 35 heavy (non-hydrogen) atoms. The van der Waals surface area contributed by atoms with Crippen molar-refractivity contribution in [2.24, 2.45) is 0 Å². The molecule has 0 saturated heterocycles. The van der Waals surface area contributed by atoms with Gasteiger partial charge in [0.05, 0.1) is 12.2 Å². The molecular weight excluding hydrogens is 469 g/mol. The molecule has 0 amide bonds. The molecule has 2 aromatic carbocycles. The van der Waals surface area contributed by atoms with Crippen LogP contribution in [0.5, 0.6) is 0 Å². The zero-order chi connectivity index (χ0) is 26.2. The van der Waals surface area contributed by atoms with Crippen LogP contribution in [0.2, 0.25) is 0 Å². The van der Waals surface area contributed by atoms with Crippen molar-refractivity contribution in [2.45, 2.75) is 32.0 Å². The van der Waals surface area contributed by atoms with Gasteiger partial charge in [-0.25, -0.2) is 4.79 Å². The number of carboxylic acid groups (broad SMARTS) is 1. The van der Waals surface area contributed by atoms with Crippen LogP contribution in [0.4, 0.5) is 18.9 Å². The molecule has 3 rings (SSSR count). The molecule has 1 atom stereocenters. The van der Waals surface area contributed by atoms with E-state index < -0.39 is 12.1 Å². The third-order valence-electron chi connectivity index (χ3n) is 5.11. The van der Waals surface area contributed by atoms with Gasteiger partial charge in [0.2, 0.25) is 0 Å². The van der Waals surface area contributed by atoms with Crippen LogP contribution in [0.25, 0.3) is 0 Å². The normalized spacial score (nSPS) is 13.1. The van der Waals surface area contributed by atoms with Gasteiger partial charge in [-0.3, -0.25) is 14.4 Å². The number of carbonyl (C=O) groups is 4. The molecule has 0 aromatic heterocycles. The second kappa shape index (κ2) is 12.1. The minimum Gasteiger partial charge on any atom is -0.475 e. The number of benzene rings is 2. The molecule has 2 aromatic rings. The number of rotatable bonds is 8. The number of ether oxygens (including phenoxy) is 1. The van der Waals surface area contributed by atoms with E-state index in [4.69, 9.17) is 14.6 Å². The summed E-state index contributed by atoms with van der Waals surface area (Å²) in [7, 11) is 1.71. The van der Waals surface area contributed by atoms with Gasteiger partial charge in [-0.2, -0.15) is 13.2 Å². The van der Waals surface area contributed by atoms with E-state index in [1.165, 1.54) is 0 Å². The summed E-state index contributed by atoms with van der Waals surface area (Å²) in [5, 5.41) is 13.2. The Bertz CT molecular complexity index is 1100. The molecule has 0 heterocycles. The summed E-state index contributed by atoms with van der Waals surface area (Å²) in [4.78, 5) is 46.1. The highest BCUT2D eigenvalue weighted by atomic mass is 19.4. The molecule has 11 heteroatoms. The van der Waals surface area contributed by atoms with Gasteiger partial charge in [-0.15, -0.1) is 0 Å². The lowest BCUT2D eigenvalue weighted by Crippen LogP contribution is -2.32. The van der Waals surface area contributed by atoms with Crippen LogP contribution in [0, 0.1) is 0 Å². The van der Waals surface area contributed by atoms with Crippen LogP contribution < -0.4 is 10.6 Å². The summed E-state index contributed by atoms with van der Waals surface area (Å²) in [5.74, 6) is -3.29. The van der Waals surface area contributed by atoms with E-state index >= 15 is 0 Å². The van der Waals surface area contributed by atoms with Crippen LogP contribution in [-0.2, 0) is 14.3 Å². The van der Waals surface area contributed by atoms with Crippen LogP contribution in [0.1, 0.15) is 51.6 Å². The van der Waals surface area contributed by atoms with Crippen LogP contribution in [0.3, 0.4) is 0 Å². The first-order chi connectivity index (χ1) is 16.5. The second-order valence-electron chi connectivity index (χ2n) is 7.55. The zero-order valence-electron chi connectivity index (χ0n) is 19.1. The molecule has 0 fully saturated rings. The van der Waals surface area contributed by atoms with Crippen LogP contribution in [-0.4, -0.2) is 61.0 Å². The average Bonchev–Trinajstić information content (AvgIpc) is 2.83. The Morgan fingerprint density at radius 2 is 1.54 bits per heavy atom. The van der Waals surface area contributed by atoms with E-state index in [0.717, 1.165) is 6.42 Å². The predicted molar refractivity (Wildman–Crippen MR) is 121 cm³/mol. The Balaban J connectivity index is 0.000000540. The number of nitrogens with one attached hydrogen (secondary N) is 2. The van der Waals surface area contributed by atoms with Crippen molar-refractivity contribution in [1.29, 1.82) is 0 Å². The maximum atomic E-state index is 12.9. The van der Waals surface area contributed by atoms with Gasteiger partial charge < -0.3 is 20.5 Å². The van der Waals surface area contributed by atoms with Crippen molar-refractivity contribution in [3.63, 3.8) is 0 Å². The molecular formula is C24H25F3N2O6. The quantitative estimate of drug-likeness (QED) is 0.322. The summed E-state index contributed by atoms with van der Waals surface area (Å²) in [6.07, 6.45) is -3.61. The molecule has 0 aliphatic heterocycles. The van der Waals surface area contributed by atoms with E-state index in [-0.39, 0.29) is 23.6 Å². The molecule has 0 spiro atoms. The van der Waals surface area contributed by atoms with Crippen molar-refractivity contribution in [3.05, 3.63) is 64.7 Å². The monoisotopic (exact) mass is 494 g/mol. The highest BCUT2D eigenvalue weighted by Gasteiger charge is 2.38. The first kappa shape index (κ1) is 27.5. The minimum atomic E-state index is -5.08.